The van der Waals surface area contributed by atoms with E-state index in [0.717, 1.165) is 5.06 Å². The maximum Gasteiger partial charge on any atom is 0.331 e. The van der Waals surface area contributed by atoms with Crippen LogP contribution in [0.3, 0.4) is 0 Å². The first-order valence-corrected chi connectivity index (χ1v) is 6.08. The highest BCUT2D eigenvalue weighted by molar-refractivity contribution is 5.87. The fourth-order valence-electron chi connectivity index (χ4n) is 1.57. The van der Waals surface area contributed by atoms with Crippen molar-refractivity contribution in [1.82, 2.24) is 5.06 Å². The van der Waals surface area contributed by atoms with E-state index in [4.69, 9.17) is 15.1 Å². The molecule has 9 nitrogen and oxygen atoms in total. The molecule has 1 heterocycles. The predicted octanol–water partition coefficient (Wildman–Crippen LogP) is 0.530. The van der Waals surface area contributed by atoms with Crippen LogP contribution in [0.4, 0.5) is 0 Å². The van der Waals surface area contributed by atoms with Crippen molar-refractivity contribution >= 4 is 11.9 Å². The van der Waals surface area contributed by atoms with Gasteiger partial charge >= 0.3 is 5.97 Å². The van der Waals surface area contributed by atoms with Crippen molar-refractivity contribution in [3.8, 4) is 0 Å². The number of nitrogens with zero attached hydrogens (tertiary/aromatic N) is 4. The fourth-order valence-corrected chi connectivity index (χ4v) is 1.57. The molecule has 0 bridgehead atoms. The van der Waals surface area contributed by atoms with Crippen LogP contribution in [0, 0.1) is 0 Å². The average Bonchev–Trinajstić information content (AvgIpc) is 2.31. The zero-order valence-corrected chi connectivity index (χ0v) is 11.8. The molecular weight excluding hydrogens is 268 g/mol. The molecule has 1 aliphatic rings. The number of aliphatic hydroxyl groups is 1. The average molecular weight is 286 g/mol. The van der Waals surface area contributed by atoms with Gasteiger partial charge in [0.1, 0.15) is 18.2 Å². The molecular formula is C11H18N4O5. The Morgan fingerprint density at radius 2 is 2.25 bits per heavy atom. The first kappa shape index (κ1) is 16.2. The van der Waals surface area contributed by atoms with E-state index in [-0.39, 0.29) is 6.61 Å². The molecule has 0 aliphatic carbocycles. The fraction of sp³-hybridized carbons (Fsp3) is 0.818. The summed E-state index contributed by atoms with van der Waals surface area (Å²) < 4.78 is 5.14. The highest BCUT2D eigenvalue weighted by Gasteiger charge is 2.41. The van der Waals surface area contributed by atoms with Crippen LogP contribution >= 0.6 is 0 Å². The molecule has 1 fully saturated rings. The third kappa shape index (κ3) is 3.83. The Morgan fingerprint density at radius 3 is 2.75 bits per heavy atom. The molecule has 0 aromatic carbocycles. The van der Waals surface area contributed by atoms with Gasteiger partial charge in [-0.25, -0.2) is 9.86 Å². The van der Waals surface area contributed by atoms with Crippen molar-refractivity contribution in [2.45, 2.75) is 51.5 Å². The van der Waals surface area contributed by atoms with Crippen molar-refractivity contribution in [2.75, 3.05) is 6.61 Å². The number of hydroxylamine groups is 2. The zero-order chi connectivity index (χ0) is 15.5. The highest BCUT2D eigenvalue weighted by Crippen LogP contribution is 2.18. The van der Waals surface area contributed by atoms with E-state index in [0.29, 0.717) is 0 Å². The van der Waals surface area contributed by atoms with Crippen LogP contribution in [-0.2, 0) is 19.2 Å². The van der Waals surface area contributed by atoms with Crippen molar-refractivity contribution in [3.05, 3.63) is 10.4 Å². The Bertz CT molecular complexity index is 441. The van der Waals surface area contributed by atoms with Crippen LogP contribution in [-0.4, -0.2) is 52.4 Å². The molecule has 0 saturated carbocycles. The Hall–Kier alpha value is -1.83. The predicted molar refractivity (Wildman–Crippen MR) is 67.0 cm³/mol. The third-order valence-electron chi connectivity index (χ3n) is 2.49. The molecule has 9 heteroatoms. The van der Waals surface area contributed by atoms with Crippen molar-refractivity contribution in [3.63, 3.8) is 0 Å². The van der Waals surface area contributed by atoms with Gasteiger partial charge in [-0.3, -0.25) is 9.63 Å². The number of hydrogen-bond acceptors (Lipinski definition) is 6. The van der Waals surface area contributed by atoms with Gasteiger partial charge < -0.3 is 9.84 Å². The molecule has 0 aromatic heterocycles. The van der Waals surface area contributed by atoms with Crippen LogP contribution in [0.1, 0.15) is 27.7 Å². The Morgan fingerprint density at radius 1 is 1.65 bits per heavy atom. The molecule has 20 heavy (non-hydrogen) atoms. The van der Waals surface area contributed by atoms with Gasteiger partial charge in [-0.2, -0.15) is 0 Å². The maximum atomic E-state index is 12.0. The molecule has 1 aliphatic heterocycles. The summed E-state index contributed by atoms with van der Waals surface area (Å²) in [5, 5.41) is 13.5. The Labute approximate surface area is 116 Å². The Kier molecular flexibility index (Phi) is 4.93. The molecule has 112 valence electrons. The summed E-state index contributed by atoms with van der Waals surface area (Å²) in [5.41, 5.74) is 7.68. The number of azide groups is 1. The number of esters is 1. The molecule has 0 unspecified atom stereocenters. The number of carbonyl (C=O) groups excluding carboxylic acids is 2. The maximum absolute atomic E-state index is 12.0. The number of carbonyl (C=O) groups is 2. The first-order valence-electron chi connectivity index (χ1n) is 6.08. The van der Waals surface area contributed by atoms with E-state index >= 15 is 0 Å². The number of aliphatic hydroxyl groups excluding tert-OH is 1. The summed E-state index contributed by atoms with van der Waals surface area (Å²) in [6, 6.07) is -2.32. The lowest BCUT2D eigenvalue weighted by atomic mass is 10.1. The summed E-state index contributed by atoms with van der Waals surface area (Å²) in [5.74, 6) is -1.43. The normalized spacial score (nSPS) is 24.9. The molecule has 1 rings (SSSR count). The minimum atomic E-state index is -1.31. The van der Waals surface area contributed by atoms with Crippen molar-refractivity contribution in [1.29, 1.82) is 0 Å². The van der Waals surface area contributed by atoms with E-state index < -0.39 is 35.7 Å². The molecule has 1 saturated heterocycles. The number of ether oxygens (including phenoxy) is 1. The third-order valence-corrected chi connectivity index (χ3v) is 2.49. The number of hydrogen-bond donors (Lipinski definition) is 1. The lowest BCUT2D eigenvalue weighted by molar-refractivity contribution is -0.235. The topological polar surface area (TPSA) is 125 Å². The van der Waals surface area contributed by atoms with Gasteiger partial charge in [0.2, 0.25) is 0 Å². The second kappa shape index (κ2) is 6.08. The Balaban J connectivity index is 2.83. The van der Waals surface area contributed by atoms with Crippen LogP contribution in [0.2, 0.25) is 0 Å². The summed E-state index contributed by atoms with van der Waals surface area (Å²) in [6.07, 6.45) is -1.24. The molecule has 1 N–H and O–H groups in total. The first-order chi connectivity index (χ1) is 9.17. The minimum absolute atomic E-state index is 0.247. The van der Waals surface area contributed by atoms with Gasteiger partial charge in [-0.05, 0) is 33.2 Å². The van der Waals surface area contributed by atoms with E-state index in [9.17, 15) is 14.7 Å². The van der Waals surface area contributed by atoms with Crippen LogP contribution < -0.4 is 0 Å². The van der Waals surface area contributed by atoms with Gasteiger partial charge in [0.15, 0.2) is 6.04 Å². The molecule has 1 amide bonds. The zero-order valence-electron chi connectivity index (χ0n) is 11.8. The second-order valence-corrected chi connectivity index (χ2v) is 5.39. The lowest BCUT2D eigenvalue weighted by Crippen LogP contribution is -2.56. The largest absolute Gasteiger partial charge is 0.458 e. The summed E-state index contributed by atoms with van der Waals surface area (Å²) >= 11 is 0. The second-order valence-electron chi connectivity index (χ2n) is 5.39. The van der Waals surface area contributed by atoms with Gasteiger partial charge in [-0.1, -0.05) is 5.11 Å². The highest BCUT2D eigenvalue weighted by atomic mass is 16.7. The number of amides is 1. The van der Waals surface area contributed by atoms with Gasteiger partial charge in [0.25, 0.3) is 5.91 Å². The number of rotatable bonds is 3. The van der Waals surface area contributed by atoms with Gasteiger partial charge in [-0.15, -0.1) is 0 Å². The van der Waals surface area contributed by atoms with Crippen LogP contribution in [0.5, 0.6) is 0 Å². The lowest BCUT2D eigenvalue weighted by Gasteiger charge is -2.36. The van der Waals surface area contributed by atoms with Gasteiger partial charge in [0.05, 0.1) is 6.10 Å². The van der Waals surface area contributed by atoms with Gasteiger partial charge in [0, 0.05) is 4.91 Å². The summed E-state index contributed by atoms with van der Waals surface area (Å²) in [6.45, 7) is 6.27. The molecule has 3 atom stereocenters. The van der Waals surface area contributed by atoms with Crippen molar-refractivity contribution < 1.29 is 24.3 Å². The smallest absolute Gasteiger partial charge is 0.331 e. The summed E-state index contributed by atoms with van der Waals surface area (Å²) in [4.78, 5) is 31.4. The standard InChI is InChI=1S/C11H18N4O5/c1-6(10(18)20-11(2,3)4)15-9(17)8(13-14-12)7(16)5-19-15/h6-8,16H,5H2,1-4H3/t6-,7+,8+/m1/s1. The van der Waals surface area contributed by atoms with E-state index in [1.165, 1.54) is 6.92 Å². The van der Waals surface area contributed by atoms with E-state index in [2.05, 4.69) is 10.0 Å². The minimum Gasteiger partial charge on any atom is -0.458 e. The van der Waals surface area contributed by atoms with E-state index in [1.54, 1.807) is 20.8 Å². The molecule has 0 radical (unpaired) electrons. The monoisotopic (exact) mass is 286 g/mol. The van der Waals surface area contributed by atoms with E-state index in [1.807, 2.05) is 0 Å². The molecule has 0 aromatic rings. The summed E-state index contributed by atoms with van der Waals surface area (Å²) in [7, 11) is 0. The van der Waals surface area contributed by atoms with Crippen LogP contribution in [0.15, 0.2) is 5.11 Å². The van der Waals surface area contributed by atoms with Crippen LogP contribution in [0.25, 0.3) is 10.4 Å². The SMILES string of the molecule is C[C@H](C(=O)OC(C)(C)C)N1OC[C@H](O)[C@H](N=[N+]=[N-])C1=O. The van der Waals surface area contributed by atoms with Crippen molar-refractivity contribution in [2.24, 2.45) is 5.11 Å². The molecule has 0 spiro atoms. The quantitative estimate of drug-likeness (QED) is 0.350.